The SMILES string of the molecule is C#C/C=C(/C)C(C(=C)/C=C(/C)NC(C)c1cccc(C2(C(=C)C)CCCC2C(C)CC(C)C)c1)=C(C)C. The molecule has 0 saturated heterocycles. The quantitative estimate of drug-likeness (QED) is 0.182. The zero-order chi connectivity index (χ0) is 27.9. The van der Waals surface area contributed by atoms with Gasteiger partial charge in [0.2, 0.25) is 0 Å². The first-order chi connectivity index (χ1) is 17.3. The molecule has 1 aromatic carbocycles. The van der Waals surface area contributed by atoms with Crippen molar-refractivity contribution in [2.24, 2.45) is 17.8 Å². The Morgan fingerprint density at radius 3 is 2.38 bits per heavy atom. The Balaban J connectivity index is 2.34. The lowest BCUT2D eigenvalue weighted by Crippen LogP contribution is -2.36. The number of terminal acetylenes is 1. The molecule has 37 heavy (non-hydrogen) atoms. The summed E-state index contributed by atoms with van der Waals surface area (Å²) >= 11 is 0. The fourth-order valence-electron chi connectivity index (χ4n) is 6.90. The summed E-state index contributed by atoms with van der Waals surface area (Å²) in [5, 5.41) is 3.71. The molecular weight excluding hydrogens is 446 g/mol. The molecule has 2 rings (SSSR count). The van der Waals surface area contributed by atoms with Crippen LogP contribution in [0.3, 0.4) is 0 Å². The molecule has 1 heteroatoms. The maximum absolute atomic E-state index is 5.52. The summed E-state index contributed by atoms with van der Waals surface area (Å²) in [4.78, 5) is 0. The highest BCUT2D eigenvalue weighted by molar-refractivity contribution is 5.53. The molecule has 0 aliphatic heterocycles. The first kappa shape index (κ1) is 30.5. The number of nitrogens with one attached hydrogen (secondary N) is 1. The lowest BCUT2D eigenvalue weighted by Gasteiger charge is -2.41. The number of rotatable bonds is 11. The molecule has 0 heterocycles. The number of hydrogen-bond acceptors (Lipinski definition) is 1. The van der Waals surface area contributed by atoms with Crippen molar-refractivity contribution in [3.63, 3.8) is 0 Å². The Hall–Kier alpha value is -2.72. The van der Waals surface area contributed by atoms with Gasteiger partial charge in [-0.05, 0) is 119 Å². The molecule has 1 aliphatic rings. The smallest absolute Gasteiger partial charge is 0.0482 e. The molecule has 1 aromatic rings. The number of benzene rings is 1. The van der Waals surface area contributed by atoms with Crippen LogP contribution in [0.15, 0.2) is 83.1 Å². The maximum Gasteiger partial charge on any atom is 0.0482 e. The summed E-state index contributed by atoms with van der Waals surface area (Å²) in [6.45, 7) is 28.9. The minimum atomic E-state index is 0.0719. The molecule has 200 valence electrons. The summed E-state index contributed by atoms with van der Waals surface area (Å²) in [5.74, 6) is 4.70. The van der Waals surface area contributed by atoms with Gasteiger partial charge >= 0.3 is 0 Å². The molecule has 1 saturated carbocycles. The highest BCUT2D eigenvalue weighted by Crippen LogP contribution is 2.54. The predicted octanol–water partition coefficient (Wildman–Crippen LogP) is 10.0. The molecule has 0 amide bonds. The third kappa shape index (κ3) is 7.19. The van der Waals surface area contributed by atoms with Crippen molar-refractivity contribution >= 4 is 0 Å². The van der Waals surface area contributed by atoms with Gasteiger partial charge in [-0.2, -0.15) is 0 Å². The fraction of sp³-hybridized carbons (Fsp3) is 0.500. The lowest BCUT2D eigenvalue weighted by molar-refractivity contribution is 0.233. The summed E-state index contributed by atoms with van der Waals surface area (Å²) in [5.41, 5.74) is 9.62. The monoisotopic (exact) mass is 497 g/mol. The van der Waals surface area contributed by atoms with Crippen molar-refractivity contribution in [1.29, 1.82) is 0 Å². The molecule has 4 atom stereocenters. The molecule has 0 aromatic heterocycles. The average Bonchev–Trinajstić information content (AvgIpc) is 3.25. The van der Waals surface area contributed by atoms with Crippen LogP contribution >= 0.6 is 0 Å². The zero-order valence-corrected chi connectivity index (χ0v) is 25.1. The topological polar surface area (TPSA) is 12.0 Å². The van der Waals surface area contributed by atoms with Crippen LogP contribution in [-0.4, -0.2) is 0 Å². The van der Waals surface area contributed by atoms with E-state index in [0.717, 1.165) is 28.3 Å². The molecule has 1 nitrogen and oxygen atoms in total. The van der Waals surface area contributed by atoms with E-state index < -0.39 is 0 Å². The molecule has 1 N–H and O–H groups in total. The lowest BCUT2D eigenvalue weighted by atomic mass is 9.63. The third-order valence-electron chi connectivity index (χ3n) is 8.26. The second kappa shape index (κ2) is 13.2. The van der Waals surface area contributed by atoms with Crippen LogP contribution < -0.4 is 5.32 Å². The van der Waals surface area contributed by atoms with Gasteiger partial charge in [-0.1, -0.05) is 81.7 Å². The maximum atomic E-state index is 5.52. The van der Waals surface area contributed by atoms with Gasteiger partial charge in [-0.15, -0.1) is 6.42 Å². The van der Waals surface area contributed by atoms with E-state index in [2.05, 4.69) is 110 Å². The van der Waals surface area contributed by atoms with Gasteiger partial charge in [0, 0.05) is 17.2 Å². The highest BCUT2D eigenvalue weighted by Gasteiger charge is 2.47. The Labute approximate surface area is 228 Å². The predicted molar refractivity (Wildman–Crippen MR) is 164 cm³/mol. The molecule has 0 bridgehead atoms. The van der Waals surface area contributed by atoms with Crippen LogP contribution in [-0.2, 0) is 5.41 Å². The number of allylic oxidation sites excluding steroid dienone is 8. The van der Waals surface area contributed by atoms with Crippen molar-refractivity contribution in [3.8, 4) is 12.3 Å². The molecule has 0 spiro atoms. The second-order valence-corrected chi connectivity index (χ2v) is 12.1. The van der Waals surface area contributed by atoms with Gasteiger partial charge in [0.1, 0.15) is 0 Å². The minimum Gasteiger partial charge on any atom is -0.382 e. The van der Waals surface area contributed by atoms with Crippen LogP contribution in [0.1, 0.15) is 105 Å². The van der Waals surface area contributed by atoms with Gasteiger partial charge < -0.3 is 5.32 Å². The van der Waals surface area contributed by atoms with Crippen LogP contribution in [0.4, 0.5) is 0 Å². The van der Waals surface area contributed by atoms with E-state index >= 15 is 0 Å². The first-order valence-electron chi connectivity index (χ1n) is 14.1. The van der Waals surface area contributed by atoms with E-state index in [4.69, 9.17) is 6.42 Å². The average molecular weight is 498 g/mol. The largest absolute Gasteiger partial charge is 0.382 e. The summed E-state index contributed by atoms with van der Waals surface area (Å²) < 4.78 is 0. The van der Waals surface area contributed by atoms with Crippen molar-refractivity contribution in [2.75, 3.05) is 0 Å². The van der Waals surface area contributed by atoms with E-state index in [1.54, 1.807) is 0 Å². The Morgan fingerprint density at radius 2 is 1.81 bits per heavy atom. The highest BCUT2D eigenvalue weighted by atomic mass is 14.9. The Morgan fingerprint density at radius 1 is 1.14 bits per heavy atom. The molecule has 1 aliphatic carbocycles. The van der Waals surface area contributed by atoms with E-state index in [0.29, 0.717) is 11.8 Å². The Kier molecular flexibility index (Phi) is 10.9. The van der Waals surface area contributed by atoms with Gasteiger partial charge in [0.05, 0.1) is 0 Å². The van der Waals surface area contributed by atoms with E-state index in [9.17, 15) is 0 Å². The molecule has 1 fully saturated rings. The normalized spacial score (nSPS) is 21.8. The standard InChI is InChI=1S/C36H51N/c1-13-16-27(8)35(25(4)5)29(10)22-30(11)37-31(12)32-17-14-18-33(23-32)36(26(6)7)20-15-19-34(36)28(9)21-24(2)3/h1,14,16-18,22-24,28,31,34,37H,6,10,15,19-21H2,2-5,7-9,11-12H3/b27-16-,30-22-. The number of hydrogen-bond donors (Lipinski definition) is 1. The Bertz CT molecular complexity index is 1110. The van der Waals surface area contributed by atoms with Crippen LogP contribution in [0.25, 0.3) is 0 Å². The summed E-state index contributed by atoms with van der Waals surface area (Å²) in [6, 6.07) is 9.45. The van der Waals surface area contributed by atoms with E-state index in [1.165, 1.54) is 48.0 Å². The fourth-order valence-corrected chi connectivity index (χ4v) is 6.90. The van der Waals surface area contributed by atoms with Crippen molar-refractivity contribution in [1.82, 2.24) is 5.32 Å². The molecule has 4 unspecified atom stereocenters. The molecule has 0 radical (unpaired) electrons. The van der Waals surface area contributed by atoms with Gasteiger partial charge in [-0.3, -0.25) is 0 Å². The van der Waals surface area contributed by atoms with Crippen LogP contribution in [0, 0.1) is 30.1 Å². The minimum absolute atomic E-state index is 0.0719. The zero-order valence-electron chi connectivity index (χ0n) is 25.1. The van der Waals surface area contributed by atoms with Gasteiger partial charge in [0.15, 0.2) is 0 Å². The van der Waals surface area contributed by atoms with Crippen molar-refractivity contribution in [2.45, 2.75) is 99.5 Å². The van der Waals surface area contributed by atoms with Gasteiger partial charge in [0.25, 0.3) is 0 Å². The molecular formula is C36H51N. The summed E-state index contributed by atoms with van der Waals surface area (Å²) in [6.07, 6.45) is 14.5. The third-order valence-corrected chi connectivity index (χ3v) is 8.26. The first-order valence-corrected chi connectivity index (χ1v) is 14.1. The van der Waals surface area contributed by atoms with Crippen molar-refractivity contribution < 1.29 is 0 Å². The van der Waals surface area contributed by atoms with E-state index in [1.807, 2.05) is 13.0 Å². The van der Waals surface area contributed by atoms with Crippen LogP contribution in [0.5, 0.6) is 0 Å². The summed E-state index contributed by atoms with van der Waals surface area (Å²) in [7, 11) is 0. The van der Waals surface area contributed by atoms with E-state index in [-0.39, 0.29) is 11.5 Å². The van der Waals surface area contributed by atoms with Crippen molar-refractivity contribution in [3.05, 3.63) is 94.3 Å². The van der Waals surface area contributed by atoms with Crippen LogP contribution in [0.2, 0.25) is 0 Å². The van der Waals surface area contributed by atoms with Gasteiger partial charge in [-0.25, -0.2) is 0 Å². The second-order valence-electron chi connectivity index (χ2n) is 12.1.